The number of benzene rings is 1. The van der Waals surface area contributed by atoms with Crippen molar-refractivity contribution < 1.29 is 9.53 Å². The van der Waals surface area contributed by atoms with E-state index >= 15 is 0 Å². The first-order valence-corrected chi connectivity index (χ1v) is 10.4. The van der Waals surface area contributed by atoms with E-state index in [4.69, 9.17) is 9.73 Å². The first-order chi connectivity index (χ1) is 13.5. The largest absolute Gasteiger partial charge is 0.466 e. The number of nitrogens with one attached hydrogen (secondary N) is 1. The molecule has 1 aromatic carbocycles. The number of guanidine groups is 1. The second-order valence-electron chi connectivity index (χ2n) is 7.60. The van der Waals surface area contributed by atoms with Crippen LogP contribution in [0, 0.1) is 12.8 Å². The first-order valence-electron chi connectivity index (χ1n) is 10.4. The van der Waals surface area contributed by atoms with Crippen molar-refractivity contribution in [3.05, 3.63) is 35.4 Å². The van der Waals surface area contributed by atoms with Gasteiger partial charge in [-0.05, 0) is 53.3 Å². The Morgan fingerprint density at radius 2 is 1.86 bits per heavy atom. The second-order valence-corrected chi connectivity index (χ2v) is 7.60. The molecule has 1 aromatic rings. The monoisotopic (exact) mass is 516 g/mol. The summed E-state index contributed by atoms with van der Waals surface area (Å²) in [5.74, 6) is 0.890. The number of hydrogen-bond donors (Lipinski definition) is 1. The molecule has 0 spiro atoms. The third kappa shape index (κ3) is 7.77. The van der Waals surface area contributed by atoms with E-state index in [1.807, 2.05) is 6.92 Å². The Labute approximate surface area is 193 Å². The molecule has 7 heteroatoms. The van der Waals surface area contributed by atoms with Gasteiger partial charge in [-0.1, -0.05) is 29.8 Å². The highest BCUT2D eigenvalue weighted by atomic mass is 127. The van der Waals surface area contributed by atoms with Gasteiger partial charge in [-0.25, -0.2) is 0 Å². The van der Waals surface area contributed by atoms with Crippen molar-refractivity contribution in [3.63, 3.8) is 0 Å². The maximum absolute atomic E-state index is 12.0. The first kappa shape index (κ1) is 25.7. The number of halogens is 1. The van der Waals surface area contributed by atoms with Gasteiger partial charge < -0.3 is 19.9 Å². The minimum absolute atomic E-state index is 0. The Balaban J connectivity index is 0.00000420. The zero-order chi connectivity index (χ0) is 20.5. The Morgan fingerprint density at radius 1 is 1.24 bits per heavy atom. The molecule has 1 N–H and O–H groups in total. The van der Waals surface area contributed by atoms with E-state index in [0.717, 1.165) is 38.4 Å². The lowest BCUT2D eigenvalue weighted by Crippen LogP contribution is -2.47. The molecule has 164 valence electrons. The second kappa shape index (κ2) is 13.1. The Kier molecular flexibility index (Phi) is 11.6. The zero-order valence-electron chi connectivity index (χ0n) is 18.5. The highest BCUT2D eigenvalue weighted by Crippen LogP contribution is 2.21. The van der Waals surface area contributed by atoms with Crippen LogP contribution in [0.25, 0.3) is 0 Å². The van der Waals surface area contributed by atoms with E-state index in [1.54, 1.807) is 0 Å². The van der Waals surface area contributed by atoms with Gasteiger partial charge in [0.2, 0.25) is 0 Å². The van der Waals surface area contributed by atoms with E-state index in [9.17, 15) is 4.79 Å². The molecule has 0 radical (unpaired) electrons. The van der Waals surface area contributed by atoms with Crippen LogP contribution in [0.1, 0.15) is 43.9 Å². The smallest absolute Gasteiger partial charge is 0.309 e. The van der Waals surface area contributed by atoms with Gasteiger partial charge in [0.05, 0.1) is 25.1 Å². The topological polar surface area (TPSA) is 57.2 Å². The summed E-state index contributed by atoms with van der Waals surface area (Å²) in [7, 11) is 4.19. The normalized spacial score (nSPS) is 16.3. The number of aryl methyl sites for hydroxylation is 1. The van der Waals surface area contributed by atoms with Crippen molar-refractivity contribution >= 4 is 35.9 Å². The number of carbonyl (C=O) groups excluding carboxylic acids is 1. The van der Waals surface area contributed by atoms with Crippen LogP contribution in [0.15, 0.2) is 29.3 Å². The van der Waals surface area contributed by atoms with E-state index in [1.165, 1.54) is 11.1 Å². The van der Waals surface area contributed by atoms with E-state index in [-0.39, 0.29) is 41.9 Å². The van der Waals surface area contributed by atoms with Gasteiger partial charge >= 0.3 is 5.97 Å². The third-order valence-corrected chi connectivity index (χ3v) is 5.25. The van der Waals surface area contributed by atoms with Gasteiger partial charge in [-0.2, -0.15) is 0 Å². The number of hydrogen-bond acceptors (Lipinski definition) is 4. The number of aliphatic imine (C=N–C) groups is 1. The lowest BCUT2D eigenvalue weighted by atomic mass is 9.97. The average Bonchev–Trinajstić information content (AvgIpc) is 2.69. The minimum atomic E-state index is -0.0591. The van der Waals surface area contributed by atoms with Crippen LogP contribution < -0.4 is 5.32 Å². The summed E-state index contributed by atoms with van der Waals surface area (Å²) in [6.07, 6.45) is 1.64. The molecule has 6 nitrogen and oxygen atoms in total. The SMILES string of the molecule is CCNC(=NCC(c1ccc(C)cc1)N(C)C)N1CCC(C(=O)OCC)CC1.I. The van der Waals surface area contributed by atoms with Crippen LogP contribution in [-0.4, -0.2) is 68.6 Å². The minimum Gasteiger partial charge on any atom is -0.466 e. The van der Waals surface area contributed by atoms with Crippen LogP contribution in [0.2, 0.25) is 0 Å². The van der Waals surface area contributed by atoms with Gasteiger partial charge in [-0.15, -0.1) is 24.0 Å². The fourth-order valence-electron chi connectivity index (χ4n) is 3.54. The molecule has 1 aliphatic heterocycles. The lowest BCUT2D eigenvalue weighted by Gasteiger charge is -2.34. The maximum Gasteiger partial charge on any atom is 0.309 e. The molecule has 2 rings (SSSR count). The molecule has 0 bridgehead atoms. The highest BCUT2D eigenvalue weighted by Gasteiger charge is 2.27. The number of carbonyl (C=O) groups is 1. The summed E-state index contributed by atoms with van der Waals surface area (Å²) in [4.78, 5) is 21.4. The zero-order valence-corrected chi connectivity index (χ0v) is 20.8. The fourth-order valence-corrected chi connectivity index (χ4v) is 3.54. The van der Waals surface area contributed by atoms with Crippen LogP contribution >= 0.6 is 24.0 Å². The molecule has 0 aromatic heterocycles. The summed E-state index contributed by atoms with van der Waals surface area (Å²) in [5, 5.41) is 3.42. The molecule has 0 saturated carbocycles. The molecule has 1 heterocycles. The molecule has 1 atom stereocenters. The van der Waals surface area contributed by atoms with Crippen molar-refractivity contribution in [1.82, 2.24) is 15.1 Å². The number of nitrogens with zero attached hydrogens (tertiary/aromatic N) is 3. The van der Waals surface area contributed by atoms with Crippen molar-refractivity contribution in [2.24, 2.45) is 10.9 Å². The predicted octanol–water partition coefficient (Wildman–Crippen LogP) is 3.46. The fraction of sp³-hybridized carbons (Fsp3) is 0.636. The summed E-state index contributed by atoms with van der Waals surface area (Å²) in [6, 6.07) is 8.91. The van der Waals surface area contributed by atoms with Crippen molar-refractivity contribution in [3.8, 4) is 0 Å². The molecule has 29 heavy (non-hydrogen) atoms. The Hall–Kier alpha value is -1.35. The molecule has 1 fully saturated rings. The van der Waals surface area contributed by atoms with Crippen LogP contribution in [-0.2, 0) is 9.53 Å². The van der Waals surface area contributed by atoms with Gasteiger partial charge in [0.25, 0.3) is 0 Å². The van der Waals surface area contributed by atoms with Gasteiger partial charge in [0, 0.05) is 19.6 Å². The summed E-state index contributed by atoms with van der Waals surface area (Å²) >= 11 is 0. The molecular formula is C22H37IN4O2. The van der Waals surface area contributed by atoms with Gasteiger partial charge in [-0.3, -0.25) is 9.79 Å². The van der Waals surface area contributed by atoms with Gasteiger partial charge in [0.15, 0.2) is 5.96 Å². The molecule has 0 aliphatic carbocycles. The van der Waals surface area contributed by atoms with Crippen LogP contribution in [0.5, 0.6) is 0 Å². The van der Waals surface area contributed by atoms with Crippen molar-refractivity contribution in [2.75, 3.05) is 46.9 Å². The summed E-state index contributed by atoms with van der Waals surface area (Å²) in [6.45, 7) is 9.68. The van der Waals surface area contributed by atoms with Crippen molar-refractivity contribution in [1.29, 1.82) is 0 Å². The lowest BCUT2D eigenvalue weighted by molar-refractivity contribution is -0.149. The summed E-state index contributed by atoms with van der Waals surface area (Å²) in [5.41, 5.74) is 2.54. The number of ether oxygens (including phenoxy) is 1. The number of likely N-dealkylation sites (tertiary alicyclic amines) is 1. The standard InChI is InChI=1S/C22H36N4O2.HI/c1-6-23-22(26-14-12-19(13-15-26)21(27)28-7-2)24-16-20(25(4)5)18-10-8-17(3)9-11-18;/h8-11,19-20H,6-7,12-16H2,1-5H3,(H,23,24);1H. The van der Waals surface area contributed by atoms with E-state index < -0.39 is 0 Å². The van der Waals surface area contributed by atoms with E-state index in [2.05, 4.69) is 67.3 Å². The van der Waals surface area contributed by atoms with Crippen molar-refractivity contribution in [2.45, 2.75) is 39.7 Å². The molecule has 1 saturated heterocycles. The summed E-state index contributed by atoms with van der Waals surface area (Å²) < 4.78 is 5.18. The highest BCUT2D eigenvalue weighted by molar-refractivity contribution is 14.0. The predicted molar refractivity (Wildman–Crippen MR) is 130 cm³/mol. The number of rotatable bonds is 7. The van der Waals surface area contributed by atoms with Crippen LogP contribution in [0.4, 0.5) is 0 Å². The quantitative estimate of drug-likeness (QED) is 0.261. The number of piperidine rings is 1. The Morgan fingerprint density at radius 3 is 2.38 bits per heavy atom. The number of likely N-dealkylation sites (N-methyl/N-ethyl adjacent to an activating group) is 1. The molecule has 1 aliphatic rings. The van der Waals surface area contributed by atoms with Crippen LogP contribution in [0.3, 0.4) is 0 Å². The Bertz CT molecular complexity index is 641. The molecule has 1 unspecified atom stereocenters. The maximum atomic E-state index is 12.0. The van der Waals surface area contributed by atoms with Gasteiger partial charge in [0.1, 0.15) is 0 Å². The molecular weight excluding hydrogens is 479 g/mol. The molecule has 0 amide bonds. The number of esters is 1. The van der Waals surface area contributed by atoms with E-state index in [0.29, 0.717) is 13.2 Å². The third-order valence-electron chi connectivity index (χ3n) is 5.25. The average molecular weight is 516 g/mol.